The van der Waals surface area contributed by atoms with E-state index >= 15 is 0 Å². The predicted molar refractivity (Wildman–Crippen MR) is 130 cm³/mol. The summed E-state index contributed by atoms with van der Waals surface area (Å²) in [6.07, 6.45) is 1.28. The van der Waals surface area contributed by atoms with Crippen LogP contribution in [-0.2, 0) is 11.2 Å². The molecule has 0 radical (unpaired) electrons. The number of rotatable bonds is 5. The molecule has 182 valence electrons. The molecule has 2 amide bonds. The second-order valence-corrected chi connectivity index (χ2v) is 9.63. The SMILES string of the molecule is CN(C)[C@@H]1CCN(C(=O)C2CN(C(=O)c3cc(Cc4n[nH]c(=O)c5ccccc45)ccc3F)C2)C1. The van der Waals surface area contributed by atoms with E-state index in [0.29, 0.717) is 48.7 Å². The summed E-state index contributed by atoms with van der Waals surface area (Å²) in [4.78, 5) is 43.4. The van der Waals surface area contributed by atoms with Gasteiger partial charge in [-0.15, -0.1) is 0 Å². The lowest BCUT2D eigenvalue weighted by Crippen LogP contribution is -2.56. The third-order valence-corrected chi connectivity index (χ3v) is 7.13. The van der Waals surface area contributed by atoms with Crippen molar-refractivity contribution in [2.75, 3.05) is 40.3 Å². The Bertz CT molecular complexity index is 1350. The normalized spacial score (nSPS) is 18.3. The zero-order valence-electron chi connectivity index (χ0n) is 19.8. The zero-order chi connectivity index (χ0) is 24.7. The average molecular weight is 478 g/mol. The van der Waals surface area contributed by atoms with E-state index in [0.717, 1.165) is 18.4 Å². The second-order valence-electron chi connectivity index (χ2n) is 9.63. The van der Waals surface area contributed by atoms with Gasteiger partial charge in [0.15, 0.2) is 0 Å². The monoisotopic (exact) mass is 477 g/mol. The number of nitrogens with zero attached hydrogens (tertiary/aromatic N) is 4. The van der Waals surface area contributed by atoms with Crippen molar-refractivity contribution in [3.63, 3.8) is 0 Å². The fraction of sp³-hybridized carbons (Fsp3) is 0.385. The van der Waals surface area contributed by atoms with Crippen LogP contribution in [0.5, 0.6) is 0 Å². The molecule has 2 fully saturated rings. The summed E-state index contributed by atoms with van der Waals surface area (Å²) in [5.41, 5.74) is 1.06. The Morgan fingerprint density at radius 3 is 2.54 bits per heavy atom. The van der Waals surface area contributed by atoms with Gasteiger partial charge < -0.3 is 14.7 Å². The second kappa shape index (κ2) is 9.22. The van der Waals surface area contributed by atoms with Crippen LogP contribution < -0.4 is 5.56 Å². The number of likely N-dealkylation sites (N-methyl/N-ethyl adjacent to an activating group) is 1. The highest BCUT2D eigenvalue weighted by Crippen LogP contribution is 2.26. The van der Waals surface area contributed by atoms with Gasteiger partial charge in [0, 0.05) is 44.0 Å². The number of hydrogen-bond donors (Lipinski definition) is 1. The van der Waals surface area contributed by atoms with Crippen molar-refractivity contribution in [3.8, 4) is 0 Å². The van der Waals surface area contributed by atoms with Crippen LogP contribution in [0.1, 0.15) is 28.0 Å². The maximum absolute atomic E-state index is 14.6. The molecule has 8 nitrogen and oxygen atoms in total. The van der Waals surface area contributed by atoms with Crippen LogP contribution >= 0.6 is 0 Å². The third kappa shape index (κ3) is 4.43. The van der Waals surface area contributed by atoms with Gasteiger partial charge in [-0.2, -0.15) is 5.10 Å². The zero-order valence-corrected chi connectivity index (χ0v) is 19.8. The van der Waals surface area contributed by atoms with Crippen LogP contribution in [0.25, 0.3) is 10.8 Å². The third-order valence-electron chi connectivity index (χ3n) is 7.13. The standard InChI is InChI=1S/C26H28FN5O3/c1-30(2)18-9-10-31(15-18)25(34)17-13-32(14-17)26(35)21-11-16(7-8-22(21)27)12-23-19-5-3-4-6-20(19)24(33)29-28-23/h3-8,11,17-18H,9-10,12-15H2,1-2H3,(H,29,33)/t18-/m1/s1. The van der Waals surface area contributed by atoms with E-state index in [9.17, 15) is 18.8 Å². The van der Waals surface area contributed by atoms with Crippen LogP contribution in [0.4, 0.5) is 4.39 Å². The summed E-state index contributed by atoms with van der Waals surface area (Å²) in [5, 5.41) is 7.92. The molecule has 2 aliphatic rings. The van der Waals surface area contributed by atoms with Crippen LogP contribution in [-0.4, -0.2) is 83.0 Å². The van der Waals surface area contributed by atoms with Gasteiger partial charge in [0.2, 0.25) is 5.91 Å². The Labute approximate surface area is 202 Å². The lowest BCUT2D eigenvalue weighted by atomic mass is 9.96. The van der Waals surface area contributed by atoms with Gasteiger partial charge in [0.25, 0.3) is 11.5 Å². The van der Waals surface area contributed by atoms with Crippen molar-refractivity contribution in [2.45, 2.75) is 18.9 Å². The van der Waals surface area contributed by atoms with Crippen LogP contribution in [0.15, 0.2) is 47.3 Å². The summed E-state index contributed by atoms with van der Waals surface area (Å²) in [7, 11) is 4.03. The number of likely N-dealkylation sites (tertiary alicyclic amines) is 2. The summed E-state index contributed by atoms with van der Waals surface area (Å²) in [6, 6.07) is 12.0. The Kier molecular flexibility index (Phi) is 6.10. The van der Waals surface area contributed by atoms with Gasteiger partial charge in [0.1, 0.15) is 5.82 Å². The van der Waals surface area contributed by atoms with Gasteiger partial charge in [0.05, 0.1) is 22.6 Å². The van der Waals surface area contributed by atoms with E-state index in [-0.39, 0.29) is 22.9 Å². The molecule has 2 saturated heterocycles. The molecule has 2 aliphatic heterocycles. The highest BCUT2D eigenvalue weighted by molar-refractivity contribution is 5.96. The minimum Gasteiger partial charge on any atom is -0.341 e. The molecule has 2 aromatic carbocycles. The van der Waals surface area contributed by atoms with E-state index in [1.807, 2.05) is 31.1 Å². The number of aromatic nitrogens is 2. The molecule has 5 rings (SSSR count). The maximum atomic E-state index is 14.6. The van der Waals surface area contributed by atoms with Gasteiger partial charge >= 0.3 is 0 Å². The fourth-order valence-electron chi connectivity index (χ4n) is 4.94. The molecule has 0 aliphatic carbocycles. The van der Waals surface area contributed by atoms with E-state index in [1.165, 1.54) is 17.0 Å². The number of aromatic amines is 1. The summed E-state index contributed by atoms with van der Waals surface area (Å²) >= 11 is 0. The van der Waals surface area contributed by atoms with E-state index in [2.05, 4.69) is 15.1 Å². The number of carbonyl (C=O) groups excluding carboxylic acids is 2. The van der Waals surface area contributed by atoms with E-state index in [4.69, 9.17) is 0 Å². The minimum atomic E-state index is -0.596. The number of hydrogen-bond acceptors (Lipinski definition) is 5. The molecule has 3 aromatic rings. The summed E-state index contributed by atoms with van der Waals surface area (Å²) in [5.74, 6) is -1.17. The molecule has 0 saturated carbocycles. The number of nitrogens with one attached hydrogen (secondary N) is 1. The smallest absolute Gasteiger partial charge is 0.272 e. The highest BCUT2D eigenvalue weighted by Gasteiger charge is 2.40. The maximum Gasteiger partial charge on any atom is 0.272 e. The highest BCUT2D eigenvalue weighted by atomic mass is 19.1. The number of carbonyl (C=O) groups is 2. The van der Waals surface area contributed by atoms with Gasteiger partial charge in [-0.25, -0.2) is 9.49 Å². The van der Waals surface area contributed by atoms with Crippen molar-refractivity contribution in [1.29, 1.82) is 0 Å². The van der Waals surface area contributed by atoms with E-state index in [1.54, 1.807) is 18.2 Å². The predicted octanol–water partition coefficient (Wildman–Crippen LogP) is 1.89. The van der Waals surface area contributed by atoms with Gasteiger partial charge in [-0.05, 0) is 44.3 Å². The first-order valence-electron chi connectivity index (χ1n) is 11.8. The lowest BCUT2D eigenvalue weighted by molar-refractivity contribution is -0.138. The number of halogens is 1. The Morgan fingerprint density at radius 2 is 1.83 bits per heavy atom. The summed E-state index contributed by atoms with van der Waals surface area (Å²) in [6.45, 7) is 2.05. The molecule has 1 aromatic heterocycles. The van der Waals surface area contributed by atoms with Crippen LogP contribution in [0.2, 0.25) is 0 Å². The van der Waals surface area contributed by atoms with Crippen molar-refractivity contribution in [2.24, 2.45) is 5.92 Å². The molecule has 1 N–H and O–H groups in total. The molecular weight excluding hydrogens is 449 g/mol. The van der Waals surface area contributed by atoms with E-state index < -0.39 is 11.7 Å². The topological polar surface area (TPSA) is 89.6 Å². The number of amides is 2. The summed E-state index contributed by atoms with van der Waals surface area (Å²) < 4.78 is 14.6. The number of H-pyrrole nitrogens is 1. The van der Waals surface area contributed by atoms with Gasteiger partial charge in [-0.1, -0.05) is 24.3 Å². The Hall–Kier alpha value is -3.59. The fourth-order valence-corrected chi connectivity index (χ4v) is 4.94. The first kappa shape index (κ1) is 23.2. The molecule has 9 heteroatoms. The molecule has 0 spiro atoms. The van der Waals surface area contributed by atoms with Gasteiger partial charge in [-0.3, -0.25) is 14.4 Å². The van der Waals surface area contributed by atoms with Crippen molar-refractivity contribution in [3.05, 3.63) is 75.5 Å². The molecule has 0 unspecified atom stereocenters. The lowest BCUT2D eigenvalue weighted by Gasteiger charge is -2.40. The first-order chi connectivity index (χ1) is 16.8. The number of benzene rings is 2. The van der Waals surface area contributed by atoms with Crippen molar-refractivity contribution in [1.82, 2.24) is 24.9 Å². The molecule has 3 heterocycles. The Morgan fingerprint density at radius 1 is 1.09 bits per heavy atom. The molecule has 1 atom stereocenters. The molecule has 0 bridgehead atoms. The van der Waals surface area contributed by atoms with Crippen molar-refractivity contribution >= 4 is 22.6 Å². The number of fused-ring (bicyclic) bond motifs is 1. The largest absolute Gasteiger partial charge is 0.341 e. The molecule has 35 heavy (non-hydrogen) atoms. The van der Waals surface area contributed by atoms with Crippen LogP contribution in [0, 0.1) is 11.7 Å². The van der Waals surface area contributed by atoms with Crippen molar-refractivity contribution < 1.29 is 14.0 Å². The minimum absolute atomic E-state index is 0.0176. The average Bonchev–Trinajstić information content (AvgIpc) is 3.32. The Balaban J connectivity index is 1.27. The first-order valence-corrected chi connectivity index (χ1v) is 11.8. The quantitative estimate of drug-likeness (QED) is 0.606. The molecular formula is C26H28FN5O3. The van der Waals surface area contributed by atoms with Crippen LogP contribution in [0.3, 0.4) is 0 Å².